The van der Waals surface area contributed by atoms with Gasteiger partial charge in [0.2, 0.25) is 0 Å². The maximum atomic E-state index is 6.31. The minimum absolute atomic E-state index is 0.352. The van der Waals surface area contributed by atoms with Crippen LogP contribution in [0.4, 0.5) is 0 Å². The molecule has 18 heavy (non-hydrogen) atoms. The summed E-state index contributed by atoms with van der Waals surface area (Å²) >= 11 is 6.31. The van der Waals surface area contributed by atoms with Gasteiger partial charge in [-0.3, -0.25) is 0 Å². The third-order valence-corrected chi connectivity index (χ3v) is 3.86. The number of hydrogen-bond donors (Lipinski definition) is 1. The molecule has 2 nitrogen and oxygen atoms in total. The Morgan fingerprint density at radius 3 is 2.94 bits per heavy atom. The molecule has 1 N–H and O–H groups in total. The van der Waals surface area contributed by atoms with E-state index in [9.17, 15) is 0 Å². The second-order valence-corrected chi connectivity index (χ2v) is 5.40. The molecule has 1 fully saturated rings. The van der Waals surface area contributed by atoms with Crippen molar-refractivity contribution in [3.63, 3.8) is 0 Å². The van der Waals surface area contributed by atoms with E-state index < -0.39 is 0 Å². The number of nitrogens with one attached hydrogen (secondary N) is 1. The molecule has 100 valence electrons. The van der Waals surface area contributed by atoms with Gasteiger partial charge in [0.05, 0.1) is 0 Å². The van der Waals surface area contributed by atoms with Crippen LogP contribution in [-0.4, -0.2) is 19.8 Å². The Bertz CT molecular complexity index is 363. The van der Waals surface area contributed by atoms with Gasteiger partial charge < -0.3 is 10.1 Å². The van der Waals surface area contributed by atoms with Crippen LogP contribution in [0.2, 0.25) is 5.02 Å². The van der Waals surface area contributed by atoms with Gasteiger partial charge >= 0.3 is 0 Å². The van der Waals surface area contributed by atoms with Gasteiger partial charge in [0.25, 0.3) is 0 Å². The average Bonchev–Trinajstić information content (AvgIpc) is 2.88. The fourth-order valence-electron chi connectivity index (χ4n) is 2.50. The first kappa shape index (κ1) is 13.9. The number of hydrogen-bond acceptors (Lipinski definition) is 2. The molecule has 1 aromatic rings. The molecule has 1 heterocycles. The minimum Gasteiger partial charge on any atom is -0.381 e. The lowest BCUT2D eigenvalue weighted by Gasteiger charge is -2.22. The van der Waals surface area contributed by atoms with Gasteiger partial charge in [-0.1, -0.05) is 36.7 Å². The summed E-state index contributed by atoms with van der Waals surface area (Å²) in [6.45, 7) is 5.03. The van der Waals surface area contributed by atoms with Crippen LogP contribution in [0, 0.1) is 5.92 Å². The van der Waals surface area contributed by atoms with Crippen LogP contribution < -0.4 is 5.32 Å². The van der Waals surface area contributed by atoms with E-state index in [-0.39, 0.29) is 0 Å². The zero-order chi connectivity index (χ0) is 12.8. The van der Waals surface area contributed by atoms with Crippen molar-refractivity contribution in [1.82, 2.24) is 5.32 Å². The maximum absolute atomic E-state index is 6.31. The van der Waals surface area contributed by atoms with E-state index in [2.05, 4.69) is 24.4 Å². The molecule has 1 aliphatic heterocycles. The Morgan fingerprint density at radius 2 is 2.28 bits per heavy atom. The third-order valence-electron chi connectivity index (χ3n) is 3.51. The standard InChI is InChI=1S/C15H22ClNO/c1-2-8-17-15(10-12-7-9-18-11-12)13-5-3-4-6-14(13)16/h3-6,12,15,17H,2,7-11H2,1H3. The molecule has 1 aliphatic rings. The monoisotopic (exact) mass is 267 g/mol. The zero-order valence-electron chi connectivity index (χ0n) is 11.0. The molecule has 2 unspecified atom stereocenters. The van der Waals surface area contributed by atoms with Crippen LogP contribution in [0.5, 0.6) is 0 Å². The predicted molar refractivity (Wildman–Crippen MR) is 76.0 cm³/mol. The van der Waals surface area contributed by atoms with Gasteiger partial charge in [-0.25, -0.2) is 0 Å². The molecule has 0 bridgehead atoms. The second kappa shape index (κ2) is 7.13. The molecule has 1 aromatic carbocycles. The van der Waals surface area contributed by atoms with E-state index in [1.165, 1.54) is 12.0 Å². The van der Waals surface area contributed by atoms with E-state index in [1.807, 2.05) is 12.1 Å². The van der Waals surface area contributed by atoms with Crippen molar-refractivity contribution in [3.05, 3.63) is 34.9 Å². The van der Waals surface area contributed by atoms with Gasteiger partial charge in [0, 0.05) is 24.3 Å². The van der Waals surface area contributed by atoms with Crippen molar-refractivity contribution in [2.24, 2.45) is 5.92 Å². The van der Waals surface area contributed by atoms with E-state index in [4.69, 9.17) is 16.3 Å². The molecule has 0 saturated carbocycles. The van der Waals surface area contributed by atoms with Crippen molar-refractivity contribution < 1.29 is 4.74 Å². The highest BCUT2D eigenvalue weighted by Gasteiger charge is 2.22. The number of rotatable bonds is 6. The number of benzene rings is 1. The Morgan fingerprint density at radius 1 is 1.44 bits per heavy atom. The van der Waals surface area contributed by atoms with Crippen LogP contribution in [0.15, 0.2) is 24.3 Å². The first-order valence-electron chi connectivity index (χ1n) is 6.86. The van der Waals surface area contributed by atoms with Gasteiger partial charge in [-0.15, -0.1) is 0 Å². The SMILES string of the molecule is CCCNC(CC1CCOC1)c1ccccc1Cl. The Labute approximate surface area is 115 Å². The van der Waals surface area contributed by atoms with Crippen molar-refractivity contribution in [1.29, 1.82) is 0 Å². The van der Waals surface area contributed by atoms with Crippen molar-refractivity contribution in [2.75, 3.05) is 19.8 Å². The topological polar surface area (TPSA) is 21.3 Å². The lowest BCUT2D eigenvalue weighted by Crippen LogP contribution is -2.25. The number of ether oxygens (including phenoxy) is 1. The summed E-state index contributed by atoms with van der Waals surface area (Å²) < 4.78 is 5.47. The molecule has 2 atom stereocenters. The quantitative estimate of drug-likeness (QED) is 0.846. The highest BCUT2D eigenvalue weighted by molar-refractivity contribution is 6.31. The molecule has 0 amide bonds. The summed E-state index contributed by atoms with van der Waals surface area (Å²) in [6, 6.07) is 8.51. The fraction of sp³-hybridized carbons (Fsp3) is 0.600. The lowest BCUT2D eigenvalue weighted by atomic mass is 9.94. The predicted octanol–water partition coefficient (Wildman–Crippen LogP) is 3.81. The normalized spacial score (nSPS) is 21.1. The summed E-state index contributed by atoms with van der Waals surface area (Å²) in [7, 11) is 0. The molecule has 1 saturated heterocycles. The lowest BCUT2D eigenvalue weighted by molar-refractivity contribution is 0.181. The highest BCUT2D eigenvalue weighted by atomic mass is 35.5. The van der Waals surface area contributed by atoms with Crippen LogP contribution in [0.1, 0.15) is 37.8 Å². The van der Waals surface area contributed by atoms with E-state index >= 15 is 0 Å². The average molecular weight is 268 g/mol. The van der Waals surface area contributed by atoms with E-state index in [0.717, 1.165) is 37.6 Å². The van der Waals surface area contributed by atoms with Crippen molar-refractivity contribution in [3.8, 4) is 0 Å². The Kier molecular flexibility index (Phi) is 5.48. The largest absolute Gasteiger partial charge is 0.381 e. The third kappa shape index (κ3) is 3.71. The molecule has 3 heteroatoms. The summed E-state index contributed by atoms with van der Waals surface area (Å²) in [5.74, 6) is 0.663. The van der Waals surface area contributed by atoms with Gasteiger partial charge in [0.1, 0.15) is 0 Å². The molecule has 0 aromatic heterocycles. The van der Waals surface area contributed by atoms with Crippen LogP contribution in [-0.2, 0) is 4.74 Å². The van der Waals surface area contributed by atoms with E-state index in [0.29, 0.717) is 12.0 Å². The Balaban J connectivity index is 2.06. The van der Waals surface area contributed by atoms with Gasteiger partial charge in [-0.2, -0.15) is 0 Å². The van der Waals surface area contributed by atoms with Crippen LogP contribution in [0.3, 0.4) is 0 Å². The molecular weight excluding hydrogens is 246 g/mol. The maximum Gasteiger partial charge on any atom is 0.0495 e. The fourth-order valence-corrected chi connectivity index (χ4v) is 2.77. The summed E-state index contributed by atoms with van der Waals surface area (Å²) in [5, 5.41) is 4.48. The van der Waals surface area contributed by atoms with Crippen LogP contribution in [0.25, 0.3) is 0 Å². The highest BCUT2D eigenvalue weighted by Crippen LogP contribution is 2.30. The summed E-state index contributed by atoms with van der Waals surface area (Å²) in [6.07, 6.45) is 3.43. The van der Waals surface area contributed by atoms with Crippen LogP contribution >= 0.6 is 11.6 Å². The summed E-state index contributed by atoms with van der Waals surface area (Å²) in [4.78, 5) is 0. The number of halogens is 1. The molecule has 0 spiro atoms. The summed E-state index contributed by atoms with van der Waals surface area (Å²) in [5.41, 5.74) is 1.22. The molecule has 0 radical (unpaired) electrons. The van der Waals surface area contributed by atoms with E-state index in [1.54, 1.807) is 0 Å². The van der Waals surface area contributed by atoms with Crippen molar-refractivity contribution >= 4 is 11.6 Å². The van der Waals surface area contributed by atoms with Gasteiger partial charge in [0.15, 0.2) is 0 Å². The first-order valence-corrected chi connectivity index (χ1v) is 7.24. The Hall–Kier alpha value is -0.570. The molecule has 0 aliphatic carbocycles. The smallest absolute Gasteiger partial charge is 0.0495 e. The first-order chi connectivity index (χ1) is 8.81. The van der Waals surface area contributed by atoms with Crippen molar-refractivity contribution in [2.45, 2.75) is 32.2 Å². The second-order valence-electron chi connectivity index (χ2n) is 4.99. The zero-order valence-corrected chi connectivity index (χ0v) is 11.7. The molecular formula is C15H22ClNO. The minimum atomic E-state index is 0.352. The molecule has 2 rings (SSSR count). The van der Waals surface area contributed by atoms with Gasteiger partial charge in [-0.05, 0) is 43.4 Å².